The van der Waals surface area contributed by atoms with Crippen molar-refractivity contribution in [1.29, 1.82) is 0 Å². The number of carbonyl (C=O) groups is 1. The molecule has 1 amide bonds. The number of fused-ring (bicyclic) bond motifs is 1. The van der Waals surface area contributed by atoms with Gasteiger partial charge >= 0.3 is 0 Å². The van der Waals surface area contributed by atoms with Gasteiger partial charge in [-0.05, 0) is 42.8 Å². The third-order valence-electron chi connectivity index (χ3n) is 4.56. The van der Waals surface area contributed by atoms with E-state index in [0.29, 0.717) is 4.88 Å². The first-order chi connectivity index (χ1) is 14.0. The lowest BCUT2D eigenvalue weighted by Gasteiger charge is -2.11. The number of aromatic nitrogens is 2. The zero-order valence-corrected chi connectivity index (χ0v) is 17.3. The Balaban J connectivity index is 1.52. The number of aryl methyl sites for hydroxylation is 1. The van der Waals surface area contributed by atoms with Crippen LogP contribution < -0.4 is 10.3 Å². The van der Waals surface area contributed by atoms with Crippen LogP contribution in [0.4, 0.5) is 5.69 Å². The van der Waals surface area contributed by atoms with Crippen LogP contribution >= 0.6 is 11.3 Å². The van der Waals surface area contributed by atoms with Crippen LogP contribution in [0.1, 0.15) is 20.9 Å². The SMILES string of the molecule is Cc1nn(-c2ccccc2)c2sc(C(=O)N/N=C\c3ccc(N(C)C)cc3)cc12. The number of nitrogens with one attached hydrogen (secondary N) is 1. The van der Waals surface area contributed by atoms with Gasteiger partial charge in [-0.3, -0.25) is 4.79 Å². The fraction of sp³-hybridized carbons (Fsp3) is 0.136. The van der Waals surface area contributed by atoms with E-state index >= 15 is 0 Å². The average molecular weight is 404 g/mol. The Hall–Kier alpha value is -3.45. The lowest BCUT2D eigenvalue weighted by atomic mass is 10.2. The standard InChI is InChI=1S/C22H21N5OS/c1-15-19-13-20(29-22(19)27(25-15)18-7-5-4-6-8-18)21(28)24-23-14-16-9-11-17(12-10-16)26(2)3/h4-14H,1-3H3,(H,24,28)/b23-14-. The van der Waals surface area contributed by atoms with Crippen LogP contribution in [0.15, 0.2) is 65.8 Å². The summed E-state index contributed by atoms with van der Waals surface area (Å²) in [5, 5.41) is 9.68. The van der Waals surface area contributed by atoms with Gasteiger partial charge in [-0.2, -0.15) is 10.2 Å². The summed E-state index contributed by atoms with van der Waals surface area (Å²) in [5.74, 6) is -0.230. The summed E-state index contributed by atoms with van der Waals surface area (Å²) in [6, 6.07) is 19.7. The smallest absolute Gasteiger partial charge is 0.281 e. The first-order valence-corrected chi connectivity index (χ1v) is 10.00. The third kappa shape index (κ3) is 3.90. The van der Waals surface area contributed by atoms with Gasteiger partial charge in [0.15, 0.2) is 0 Å². The number of anilines is 1. The fourth-order valence-electron chi connectivity index (χ4n) is 2.98. The molecule has 0 saturated heterocycles. The molecule has 0 aliphatic heterocycles. The van der Waals surface area contributed by atoms with Crippen molar-refractivity contribution in [2.75, 3.05) is 19.0 Å². The molecule has 6 nitrogen and oxygen atoms in total. The molecule has 0 fully saturated rings. The van der Waals surface area contributed by atoms with Gasteiger partial charge in [-0.25, -0.2) is 10.1 Å². The first-order valence-electron chi connectivity index (χ1n) is 9.18. The summed E-state index contributed by atoms with van der Waals surface area (Å²) in [6.45, 7) is 1.95. The number of amides is 1. The Kier molecular flexibility index (Phi) is 5.14. The van der Waals surface area contributed by atoms with Crippen LogP contribution in [-0.2, 0) is 0 Å². The zero-order valence-electron chi connectivity index (χ0n) is 16.5. The van der Waals surface area contributed by atoms with Crippen molar-refractivity contribution >= 4 is 39.4 Å². The monoisotopic (exact) mass is 403 g/mol. The molecule has 4 rings (SSSR count). The molecule has 0 atom stereocenters. The van der Waals surface area contributed by atoms with Crippen molar-refractivity contribution in [1.82, 2.24) is 15.2 Å². The van der Waals surface area contributed by atoms with E-state index in [2.05, 4.69) is 15.6 Å². The second kappa shape index (κ2) is 7.89. The number of hydrogen-bond acceptors (Lipinski definition) is 5. The number of benzene rings is 2. The van der Waals surface area contributed by atoms with Gasteiger partial charge in [-0.15, -0.1) is 11.3 Å². The number of rotatable bonds is 5. The molecule has 0 spiro atoms. The molecular formula is C22H21N5OS. The van der Waals surface area contributed by atoms with Gasteiger partial charge in [0.2, 0.25) is 0 Å². The minimum Gasteiger partial charge on any atom is -0.378 e. The van der Waals surface area contributed by atoms with Crippen LogP contribution in [0.3, 0.4) is 0 Å². The normalized spacial score (nSPS) is 11.3. The van der Waals surface area contributed by atoms with Crippen molar-refractivity contribution in [2.45, 2.75) is 6.92 Å². The van der Waals surface area contributed by atoms with Gasteiger partial charge in [0, 0.05) is 25.2 Å². The summed E-state index contributed by atoms with van der Waals surface area (Å²) in [5.41, 5.74) is 6.51. The number of hydrazone groups is 1. The second-order valence-electron chi connectivity index (χ2n) is 6.85. The van der Waals surface area contributed by atoms with E-state index in [4.69, 9.17) is 0 Å². The summed E-state index contributed by atoms with van der Waals surface area (Å²) in [7, 11) is 3.99. The van der Waals surface area contributed by atoms with Crippen LogP contribution in [0.25, 0.3) is 15.9 Å². The van der Waals surface area contributed by atoms with Crippen LogP contribution in [0.5, 0.6) is 0 Å². The quantitative estimate of drug-likeness (QED) is 0.401. The zero-order chi connectivity index (χ0) is 20.4. The predicted octanol–water partition coefficient (Wildman–Crippen LogP) is 4.23. The highest BCUT2D eigenvalue weighted by Crippen LogP contribution is 2.30. The van der Waals surface area contributed by atoms with E-state index in [1.165, 1.54) is 11.3 Å². The third-order valence-corrected chi connectivity index (χ3v) is 5.67. The Morgan fingerprint density at radius 1 is 1.14 bits per heavy atom. The molecule has 2 aromatic heterocycles. The molecule has 0 radical (unpaired) electrons. The van der Waals surface area contributed by atoms with Crippen molar-refractivity contribution in [2.24, 2.45) is 5.10 Å². The van der Waals surface area contributed by atoms with Gasteiger partial charge < -0.3 is 4.90 Å². The minimum absolute atomic E-state index is 0.230. The van der Waals surface area contributed by atoms with E-state index in [-0.39, 0.29) is 5.91 Å². The van der Waals surface area contributed by atoms with Crippen molar-refractivity contribution in [3.63, 3.8) is 0 Å². The molecule has 0 unspecified atom stereocenters. The molecule has 0 aliphatic rings. The lowest BCUT2D eigenvalue weighted by Crippen LogP contribution is -2.16. The average Bonchev–Trinajstić information content (AvgIpc) is 3.30. The number of hydrogen-bond donors (Lipinski definition) is 1. The molecule has 2 aromatic carbocycles. The minimum atomic E-state index is -0.230. The Bertz CT molecular complexity index is 1170. The molecular weight excluding hydrogens is 382 g/mol. The van der Waals surface area contributed by atoms with Crippen molar-refractivity contribution in [3.8, 4) is 5.69 Å². The molecule has 4 aromatic rings. The highest BCUT2D eigenvalue weighted by atomic mass is 32.1. The summed E-state index contributed by atoms with van der Waals surface area (Å²) in [4.78, 5) is 16.1. The maximum Gasteiger partial charge on any atom is 0.281 e. The molecule has 1 N–H and O–H groups in total. The maximum absolute atomic E-state index is 12.6. The summed E-state index contributed by atoms with van der Waals surface area (Å²) in [6.07, 6.45) is 1.64. The van der Waals surface area contributed by atoms with Gasteiger partial charge in [0.1, 0.15) is 4.83 Å². The van der Waals surface area contributed by atoms with E-state index in [0.717, 1.165) is 32.8 Å². The van der Waals surface area contributed by atoms with Crippen LogP contribution in [0.2, 0.25) is 0 Å². The number of thiophene rings is 1. The largest absolute Gasteiger partial charge is 0.378 e. The number of nitrogens with zero attached hydrogens (tertiary/aromatic N) is 4. The maximum atomic E-state index is 12.6. The molecule has 0 aliphatic carbocycles. The van der Waals surface area contributed by atoms with Crippen molar-refractivity contribution < 1.29 is 4.79 Å². The Morgan fingerprint density at radius 3 is 2.55 bits per heavy atom. The highest BCUT2D eigenvalue weighted by molar-refractivity contribution is 7.20. The highest BCUT2D eigenvalue weighted by Gasteiger charge is 2.16. The predicted molar refractivity (Wildman–Crippen MR) is 120 cm³/mol. The molecule has 146 valence electrons. The molecule has 0 saturated carbocycles. The van der Waals surface area contributed by atoms with Gasteiger partial charge in [0.25, 0.3) is 5.91 Å². The van der Waals surface area contributed by atoms with Crippen LogP contribution in [0, 0.1) is 6.92 Å². The topological polar surface area (TPSA) is 62.5 Å². The number of para-hydroxylation sites is 1. The molecule has 0 bridgehead atoms. The lowest BCUT2D eigenvalue weighted by molar-refractivity contribution is 0.0959. The molecule has 2 heterocycles. The fourth-order valence-corrected chi connectivity index (χ4v) is 4.06. The summed E-state index contributed by atoms with van der Waals surface area (Å²) >= 11 is 1.41. The summed E-state index contributed by atoms with van der Waals surface area (Å²) < 4.78 is 1.88. The Labute approximate surface area is 173 Å². The van der Waals surface area contributed by atoms with Gasteiger partial charge in [0.05, 0.1) is 22.5 Å². The van der Waals surface area contributed by atoms with E-state index in [1.54, 1.807) is 6.21 Å². The van der Waals surface area contributed by atoms with Crippen molar-refractivity contribution in [3.05, 3.63) is 76.8 Å². The van der Waals surface area contributed by atoms with Gasteiger partial charge in [-0.1, -0.05) is 30.3 Å². The second-order valence-corrected chi connectivity index (χ2v) is 7.88. The molecule has 29 heavy (non-hydrogen) atoms. The molecule has 7 heteroatoms. The number of carbonyl (C=O) groups excluding carboxylic acids is 1. The van der Waals surface area contributed by atoms with E-state index in [1.807, 2.05) is 91.3 Å². The first kappa shape index (κ1) is 18.9. The van der Waals surface area contributed by atoms with E-state index in [9.17, 15) is 4.79 Å². The Morgan fingerprint density at radius 2 is 1.86 bits per heavy atom. The van der Waals surface area contributed by atoms with Crippen LogP contribution in [-0.4, -0.2) is 36.0 Å². The van der Waals surface area contributed by atoms with E-state index < -0.39 is 0 Å².